The van der Waals surface area contributed by atoms with Gasteiger partial charge in [-0.15, -0.1) is 0 Å². The highest BCUT2D eigenvalue weighted by Crippen LogP contribution is 2.41. The monoisotopic (exact) mass is 404 g/mol. The minimum Gasteiger partial charge on any atom is -0.463 e. The lowest BCUT2D eigenvalue weighted by Gasteiger charge is -2.28. The molecule has 0 amide bonds. The third-order valence-electron chi connectivity index (χ3n) is 4.64. The number of nitrogens with two attached hydrogens (primary N) is 1. The summed E-state index contributed by atoms with van der Waals surface area (Å²) < 4.78 is 16.9. The van der Waals surface area contributed by atoms with Gasteiger partial charge < -0.3 is 19.9 Å². The van der Waals surface area contributed by atoms with Crippen LogP contribution in [0.1, 0.15) is 38.2 Å². The summed E-state index contributed by atoms with van der Waals surface area (Å²) in [5.74, 6) is 0.510. The van der Waals surface area contributed by atoms with Crippen molar-refractivity contribution < 1.29 is 19.0 Å². The lowest BCUT2D eigenvalue weighted by atomic mass is 9.82. The van der Waals surface area contributed by atoms with Crippen LogP contribution in [0.25, 0.3) is 0 Å². The predicted octanol–water partition coefficient (Wildman–Crippen LogP) is 4.90. The second kappa shape index (κ2) is 9.66. The molecule has 1 atom stereocenters. The summed E-state index contributed by atoms with van der Waals surface area (Å²) in [5.41, 5.74) is 7.23. The molecule has 1 aliphatic rings. The number of carbonyl (C=O) groups is 1. The topological polar surface area (TPSA) is 94.6 Å². The lowest BCUT2D eigenvalue weighted by molar-refractivity contribution is -0.139. The first-order valence-electron chi connectivity index (χ1n) is 9.89. The highest BCUT2D eigenvalue weighted by atomic mass is 16.5. The van der Waals surface area contributed by atoms with E-state index in [0.29, 0.717) is 34.8 Å². The van der Waals surface area contributed by atoms with Crippen molar-refractivity contribution in [3.63, 3.8) is 0 Å². The van der Waals surface area contributed by atoms with Crippen molar-refractivity contribution in [1.29, 1.82) is 5.26 Å². The first kappa shape index (κ1) is 21.0. The zero-order valence-corrected chi connectivity index (χ0v) is 17.1. The van der Waals surface area contributed by atoms with Crippen molar-refractivity contribution >= 4 is 5.97 Å². The Bertz CT molecular complexity index is 1020. The van der Waals surface area contributed by atoms with Gasteiger partial charge in [0.15, 0.2) is 0 Å². The van der Waals surface area contributed by atoms with Crippen LogP contribution < -0.4 is 10.5 Å². The number of ether oxygens (including phenoxy) is 3. The van der Waals surface area contributed by atoms with Gasteiger partial charge in [-0.2, -0.15) is 5.26 Å². The van der Waals surface area contributed by atoms with Crippen LogP contribution in [0.15, 0.2) is 77.4 Å². The van der Waals surface area contributed by atoms with Crippen molar-refractivity contribution in [3.05, 3.63) is 82.9 Å². The number of carbonyl (C=O) groups excluding carboxylic acids is 1. The number of benzene rings is 2. The molecule has 30 heavy (non-hydrogen) atoms. The summed E-state index contributed by atoms with van der Waals surface area (Å²) in [6.45, 7) is 3.93. The van der Waals surface area contributed by atoms with E-state index in [9.17, 15) is 10.1 Å². The van der Waals surface area contributed by atoms with E-state index in [1.807, 2.05) is 55.5 Å². The fourth-order valence-electron chi connectivity index (χ4n) is 3.38. The Labute approximate surface area is 176 Å². The zero-order chi connectivity index (χ0) is 21.5. The molecule has 154 valence electrons. The van der Waals surface area contributed by atoms with Gasteiger partial charge >= 0.3 is 5.97 Å². The Morgan fingerprint density at radius 2 is 1.87 bits per heavy atom. The maximum Gasteiger partial charge on any atom is 0.338 e. The minimum atomic E-state index is -0.691. The van der Waals surface area contributed by atoms with Gasteiger partial charge in [-0.25, -0.2) is 4.79 Å². The number of nitrogens with zero attached hydrogens (tertiary/aromatic N) is 1. The number of esters is 1. The number of hydrogen-bond acceptors (Lipinski definition) is 6. The molecule has 0 saturated carbocycles. The normalized spacial score (nSPS) is 16.0. The van der Waals surface area contributed by atoms with E-state index in [4.69, 9.17) is 19.9 Å². The Balaban J connectivity index is 2.08. The van der Waals surface area contributed by atoms with Gasteiger partial charge in [-0.05, 0) is 43.2 Å². The van der Waals surface area contributed by atoms with Gasteiger partial charge in [-0.1, -0.05) is 37.3 Å². The van der Waals surface area contributed by atoms with Crippen molar-refractivity contribution in [2.45, 2.75) is 32.6 Å². The Morgan fingerprint density at radius 3 is 2.53 bits per heavy atom. The van der Waals surface area contributed by atoms with Crippen LogP contribution in [0.3, 0.4) is 0 Å². The minimum absolute atomic E-state index is 0.00776. The average Bonchev–Trinajstić information content (AvgIpc) is 2.74. The largest absolute Gasteiger partial charge is 0.463 e. The van der Waals surface area contributed by atoms with Gasteiger partial charge in [0.05, 0.1) is 18.1 Å². The van der Waals surface area contributed by atoms with Crippen molar-refractivity contribution in [1.82, 2.24) is 0 Å². The molecule has 6 heteroatoms. The summed E-state index contributed by atoms with van der Waals surface area (Å²) in [5, 5.41) is 9.77. The highest BCUT2D eigenvalue weighted by Gasteiger charge is 2.37. The quantitative estimate of drug-likeness (QED) is 0.659. The van der Waals surface area contributed by atoms with Crippen molar-refractivity contribution in [2.75, 3.05) is 6.61 Å². The van der Waals surface area contributed by atoms with Gasteiger partial charge in [0, 0.05) is 6.42 Å². The molecular weight excluding hydrogens is 380 g/mol. The van der Waals surface area contributed by atoms with E-state index in [0.717, 1.165) is 6.42 Å². The molecule has 2 aromatic carbocycles. The van der Waals surface area contributed by atoms with E-state index in [1.165, 1.54) is 0 Å². The van der Waals surface area contributed by atoms with Crippen molar-refractivity contribution in [3.8, 4) is 17.6 Å². The van der Waals surface area contributed by atoms with Crippen LogP contribution >= 0.6 is 0 Å². The molecule has 0 aromatic heterocycles. The third kappa shape index (κ3) is 4.47. The van der Waals surface area contributed by atoms with Crippen LogP contribution in [0.4, 0.5) is 0 Å². The molecule has 6 nitrogen and oxygen atoms in total. The predicted molar refractivity (Wildman–Crippen MR) is 112 cm³/mol. The number of allylic oxidation sites excluding steroid dienone is 2. The Kier molecular flexibility index (Phi) is 6.76. The van der Waals surface area contributed by atoms with E-state index < -0.39 is 11.9 Å². The first-order valence-corrected chi connectivity index (χ1v) is 9.89. The SMILES string of the molecule is CCCC1=C(C(=O)OCC)[C@@H](c2cccc(Oc3ccccc3)c2)C(C#N)=C(N)O1. The summed E-state index contributed by atoms with van der Waals surface area (Å²) in [7, 11) is 0. The third-order valence-corrected chi connectivity index (χ3v) is 4.64. The number of para-hydroxylation sites is 1. The molecule has 0 saturated heterocycles. The van der Waals surface area contributed by atoms with E-state index >= 15 is 0 Å². The highest BCUT2D eigenvalue weighted by molar-refractivity contribution is 5.92. The van der Waals surface area contributed by atoms with Crippen LogP contribution in [-0.4, -0.2) is 12.6 Å². The second-order valence-corrected chi connectivity index (χ2v) is 6.72. The lowest BCUT2D eigenvalue weighted by Crippen LogP contribution is -2.26. The van der Waals surface area contributed by atoms with Gasteiger partial charge in [0.25, 0.3) is 0 Å². The average molecular weight is 404 g/mol. The Hall–Kier alpha value is -3.72. The molecule has 0 bridgehead atoms. The van der Waals surface area contributed by atoms with Crippen LogP contribution in [0, 0.1) is 11.3 Å². The van der Waals surface area contributed by atoms with Crippen molar-refractivity contribution in [2.24, 2.45) is 5.73 Å². The molecule has 3 rings (SSSR count). The summed E-state index contributed by atoms with van der Waals surface area (Å²) >= 11 is 0. The second-order valence-electron chi connectivity index (χ2n) is 6.72. The molecule has 0 spiro atoms. The van der Waals surface area contributed by atoms with Gasteiger partial charge in [0.2, 0.25) is 5.88 Å². The number of hydrogen-bond donors (Lipinski definition) is 1. The standard InChI is InChI=1S/C24H24N2O4/c1-3-9-20-22(24(27)28-4-2)21(19(15-25)23(26)30-20)16-10-8-13-18(14-16)29-17-11-6-5-7-12-17/h5-8,10-14,21H,3-4,9,26H2,1-2H3/t21-/m0/s1. The maximum absolute atomic E-state index is 12.8. The molecule has 0 radical (unpaired) electrons. The van der Waals surface area contributed by atoms with E-state index in [-0.39, 0.29) is 18.1 Å². The van der Waals surface area contributed by atoms with Gasteiger partial charge in [0.1, 0.15) is 28.9 Å². The smallest absolute Gasteiger partial charge is 0.338 e. The van der Waals surface area contributed by atoms with Crippen LogP contribution in [-0.2, 0) is 14.3 Å². The van der Waals surface area contributed by atoms with E-state index in [1.54, 1.807) is 13.0 Å². The van der Waals surface area contributed by atoms with E-state index in [2.05, 4.69) is 6.07 Å². The molecule has 2 aromatic rings. The number of nitriles is 1. The summed E-state index contributed by atoms with van der Waals surface area (Å²) in [6, 6.07) is 18.7. The molecule has 0 aliphatic carbocycles. The van der Waals surface area contributed by atoms with Crippen LogP contribution in [0.5, 0.6) is 11.5 Å². The molecule has 0 unspecified atom stereocenters. The molecule has 1 heterocycles. The molecule has 2 N–H and O–H groups in total. The molecule has 1 aliphatic heterocycles. The number of rotatable bonds is 7. The fraction of sp³-hybridized carbons (Fsp3) is 0.250. The zero-order valence-electron chi connectivity index (χ0n) is 17.1. The molecule has 0 fully saturated rings. The fourth-order valence-corrected chi connectivity index (χ4v) is 3.38. The first-order chi connectivity index (χ1) is 14.6. The summed E-state index contributed by atoms with van der Waals surface area (Å²) in [6.07, 6.45) is 1.25. The van der Waals surface area contributed by atoms with Crippen LogP contribution in [0.2, 0.25) is 0 Å². The van der Waals surface area contributed by atoms with Gasteiger partial charge in [-0.3, -0.25) is 0 Å². The summed E-state index contributed by atoms with van der Waals surface area (Å²) in [4.78, 5) is 12.8. The maximum atomic E-state index is 12.8. The molecular formula is C24H24N2O4. The Morgan fingerprint density at radius 1 is 1.13 bits per heavy atom.